The summed E-state index contributed by atoms with van der Waals surface area (Å²) in [5.74, 6) is -1.17. The fourth-order valence-electron chi connectivity index (χ4n) is 3.53. The van der Waals surface area contributed by atoms with Crippen LogP contribution in [0.3, 0.4) is 0 Å². The highest BCUT2D eigenvalue weighted by Gasteiger charge is 2.28. The zero-order valence-corrected chi connectivity index (χ0v) is 18.5. The third-order valence-electron chi connectivity index (χ3n) is 5.37. The quantitative estimate of drug-likeness (QED) is 0.542. The minimum absolute atomic E-state index is 0.0670. The molecule has 0 aliphatic carbocycles. The lowest BCUT2D eigenvalue weighted by Gasteiger charge is -2.30. The molecule has 0 spiro atoms. The Kier molecular flexibility index (Phi) is 9.19. The Morgan fingerprint density at radius 1 is 1.00 bits per heavy atom. The molecule has 2 aromatic rings. The third kappa shape index (κ3) is 8.02. The molecule has 34 heavy (non-hydrogen) atoms. The number of hydrogen-bond acceptors (Lipinski definition) is 5. The van der Waals surface area contributed by atoms with Crippen LogP contribution < -0.4 is 15.4 Å². The number of amides is 3. The van der Waals surface area contributed by atoms with Gasteiger partial charge < -0.3 is 25.0 Å². The van der Waals surface area contributed by atoms with Crippen molar-refractivity contribution in [2.24, 2.45) is 5.92 Å². The first-order valence-electron chi connectivity index (χ1n) is 11.0. The molecular weight excluding hydrogens is 448 g/mol. The van der Waals surface area contributed by atoms with Crippen LogP contribution in [0.1, 0.15) is 18.4 Å². The molecule has 1 fully saturated rings. The number of urea groups is 1. The van der Waals surface area contributed by atoms with Crippen LogP contribution in [0.15, 0.2) is 54.6 Å². The van der Waals surface area contributed by atoms with Gasteiger partial charge in [-0.2, -0.15) is 8.78 Å². The summed E-state index contributed by atoms with van der Waals surface area (Å²) in [5, 5.41) is 5.47. The number of alkyl halides is 2. The molecular formula is C24H27F2N3O5. The third-order valence-corrected chi connectivity index (χ3v) is 5.37. The Morgan fingerprint density at radius 2 is 1.68 bits per heavy atom. The number of hydrogen-bond donors (Lipinski definition) is 2. The average molecular weight is 475 g/mol. The van der Waals surface area contributed by atoms with E-state index in [4.69, 9.17) is 4.74 Å². The molecule has 2 aromatic carbocycles. The number of nitrogens with zero attached hydrogens (tertiary/aromatic N) is 1. The predicted octanol–water partition coefficient (Wildman–Crippen LogP) is 3.43. The second-order valence-electron chi connectivity index (χ2n) is 7.79. The zero-order chi connectivity index (χ0) is 24.3. The summed E-state index contributed by atoms with van der Waals surface area (Å²) in [6, 6.07) is 15.1. The average Bonchev–Trinajstić information content (AvgIpc) is 2.84. The maximum Gasteiger partial charge on any atom is 0.387 e. The largest absolute Gasteiger partial charge is 0.455 e. The molecule has 3 rings (SSSR count). The molecule has 0 saturated carbocycles. The molecule has 1 heterocycles. The second-order valence-corrected chi connectivity index (χ2v) is 7.79. The lowest BCUT2D eigenvalue weighted by molar-refractivity contribution is -0.153. The first-order chi connectivity index (χ1) is 16.4. The molecule has 8 nitrogen and oxygen atoms in total. The predicted molar refractivity (Wildman–Crippen MR) is 121 cm³/mol. The van der Waals surface area contributed by atoms with Gasteiger partial charge in [0.1, 0.15) is 5.75 Å². The number of rotatable bonds is 9. The van der Waals surface area contributed by atoms with Crippen molar-refractivity contribution in [2.75, 3.05) is 31.6 Å². The molecule has 1 saturated heterocycles. The maximum atomic E-state index is 12.3. The molecule has 2 N–H and O–H groups in total. The van der Waals surface area contributed by atoms with Gasteiger partial charge in [0.2, 0.25) is 0 Å². The summed E-state index contributed by atoms with van der Waals surface area (Å²) in [5.41, 5.74) is 1.54. The minimum atomic E-state index is -2.88. The molecule has 1 aliphatic heterocycles. The first kappa shape index (κ1) is 24.9. The van der Waals surface area contributed by atoms with Gasteiger partial charge in [0.25, 0.3) is 5.91 Å². The number of halogens is 2. The van der Waals surface area contributed by atoms with Crippen molar-refractivity contribution in [3.05, 3.63) is 60.2 Å². The van der Waals surface area contributed by atoms with Gasteiger partial charge in [-0.25, -0.2) is 4.79 Å². The standard InChI is InChI=1S/C24H27F2N3O5/c25-23(26)34-20-8-6-17(7-9-20)10-13-27-21(30)16-33-22(31)18-11-14-29(15-12-18)24(32)28-19-4-2-1-3-5-19/h1-9,18,23H,10-16H2,(H,27,30)(H,28,32). The number of benzene rings is 2. The second kappa shape index (κ2) is 12.5. The van der Waals surface area contributed by atoms with Crippen molar-refractivity contribution in [3.8, 4) is 5.75 Å². The van der Waals surface area contributed by atoms with Gasteiger partial charge in [0.05, 0.1) is 5.92 Å². The Balaban J connectivity index is 1.30. The van der Waals surface area contributed by atoms with Crippen LogP contribution in [0.4, 0.5) is 19.3 Å². The van der Waals surface area contributed by atoms with Gasteiger partial charge in [-0.15, -0.1) is 0 Å². The number of piperidine rings is 1. The van der Waals surface area contributed by atoms with E-state index in [1.165, 1.54) is 12.1 Å². The Morgan fingerprint density at radius 3 is 2.32 bits per heavy atom. The van der Waals surface area contributed by atoms with Gasteiger partial charge >= 0.3 is 18.6 Å². The van der Waals surface area contributed by atoms with E-state index in [0.29, 0.717) is 44.6 Å². The van der Waals surface area contributed by atoms with Crippen LogP contribution >= 0.6 is 0 Å². The van der Waals surface area contributed by atoms with Gasteiger partial charge in [0, 0.05) is 25.3 Å². The topological polar surface area (TPSA) is 97.0 Å². The molecule has 182 valence electrons. The molecule has 1 aliphatic rings. The molecule has 0 aromatic heterocycles. The Hall–Kier alpha value is -3.69. The van der Waals surface area contributed by atoms with E-state index in [9.17, 15) is 23.2 Å². The van der Waals surface area contributed by atoms with Crippen molar-refractivity contribution in [1.29, 1.82) is 0 Å². The lowest BCUT2D eigenvalue weighted by Crippen LogP contribution is -2.43. The van der Waals surface area contributed by atoms with Crippen molar-refractivity contribution in [1.82, 2.24) is 10.2 Å². The molecule has 0 unspecified atom stereocenters. The SMILES string of the molecule is O=C(COC(=O)C1CCN(C(=O)Nc2ccccc2)CC1)NCCc1ccc(OC(F)F)cc1. The van der Waals surface area contributed by atoms with E-state index in [2.05, 4.69) is 15.4 Å². The summed E-state index contributed by atoms with van der Waals surface area (Å²) >= 11 is 0. The number of nitrogens with one attached hydrogen (secondary N) is 2. The van der Waals surface area contributed by atoms with E-state index in [1.807, 2.05) is 18.2 Å². The lowest BCUT2D eigenvalue weighted by atomic mass is 9.97. The zero-order valence-electron chi connectivity index (χ0n) is 18.5. The van der Waals surface area contributed by atoms with Crippen molar-refractivity contribution < 1.29 is 32.6 Å². The van der Waals surface area contributed by atoms with Gasteiger partial charge in [0.15, 0.2) is 6.61 Å². The highest BCUT2D eigenvalue weighted by molar-refractivity contribution is 5.89. The Labute approximate surface area is 196 Å². The number of carbonyl (C=O) groups is 3. The minimum Gasteiger partial charge on any atom is -0.455 e. The molecule has 10 heteroatoms. The number of esters is 1. The van der Waals surface area contributed by atoms with Crippen molar-refractivity contribution >= 4 is 23.6 Å². The van der Waals surface area contributed by atoms with Crippen LogP contribution in [0.2, 0.25) is 0 Å². The number of anilines is 1. The first-order valence-corrected chi connectivity index (χ1v) is 11.0. The van der Waals surface area contributed by atoms with E-state index in [1.54, 1.807) is 29.2 Å². The molecule has 0 atom stereocenters. The summed E-state index contributed by atoms with van der Waals surface area (Å²) in [7, 11) is 0. The Bertz CT molecular complexity index is 949. The van der Waals surface area contributed by atoms with Crippen molar-refractivity contribution in [3.63, 3.8) is 0 Å². The smallest absolute Gasteiger partial charge is 0.387 e. The number of carbonyl (C=O) groups excluding carboxylic acids is 3. The normalized spacial score (nSPS) is 13.9. The summed E-state index contributed by atoms with van der Waals surface area (Å²) in [6.45, 7) is -2.10. The highest BCUT2D eigenvalue weighted by atomic mass is 19.3. The summed E-state index contributed by atoms with van der Waals surface area (Å²) < 4.78 is 33.7. The van der Waals surface area contributed by atoms with E-state index in [0.717, 1.165) is 5.56 Å². The van der Waals surface area contributed by atoms with Gasteiger partial charge in [-0.3, -0.25) is 9.59 Å². The van der Waals surface area contributed by atoms with Crippen LogP contribution in [-0.4, -0.2) is 55.7 Å². The van der Waals surface area contributed by atoms with Gasteiger partial charge in [-0.05, 0) is 49.1 Å². The van der Waals surface area contributed by atoms with E-state index < -0.39 is 18.5 Å². The van der Waals surface area contributed by atoms with E-state index >= 15 is 0 Å². The number of para-hydroxylation sites is 1. The van der Waals surface area contributed by atoms with Crippen molar-refractivity contribution in [2.45, 2.75) is 25.9 Å². The van der Waals surface area contributed by atoms with Crippen LogP contribution in [-0.2, 0) is 20.7 Å². The van der Waals surface area contributed by atoms with E-state index in [-0.39, 0.29) is 24.3 Å². The monoisotopic (exact) mass is 475 g/mol. The molecule has 3 amide bonds. The highest BCUT2D eigenvalue weighted by Crippen LogP contribution is 2.20. The van der Waals surface area contributed by atoms with Crippen LogP contribution in [0.25, 0.3) is 0 Å². The summed E-state index contributed by atoms with van der Waals surface area (Å²) in [6.07, 6.45) is 1.42. The van der Waals surface area contributed by atoms with Gasteiger partial charge in [-0.1, -0.05) is 30.3 Å². The molecule has 0 bridgehead atoms. The molecule has 0 radical (unpaired) electrons. The number of likely N-dealkylation sites (tertiary alicyclic amines) is 1. The fourth-order valence-corrected chi connectivity index (χ4v) is 3.53. The maximum absolute atomic E-state index is 12.3. The number of ether oxygens (including phenoxy) is 2. The summed E-state index contributed by atoms with van der Waals surface area (Å²) in [4.78, 5) is 38.2. The fraction of sp³-hybridized carbons (Fsp3) is 0.375. The van der Waals surface area contributed by atoms with Crippen LogP contribution in [0.5, 0.6) is 5.75 Å². The van der Waals surface area contributed by atoms with Crippen LogP contribution in [0, 0.1) is 5.92 Å².